The fourth-order valence-electron chi connectivity index (χ4n) is 9.22. The topological polar surface area (TPSA) is 3.24 Å². The summed E-state index contributed by atoms with van der Waals surface area (Å²) in [5.74, 6) is 0. The summed E-state index contributed by atoms with van der Waals surface area (Å²) in [6.07, 6.45) is 4.91. The van der Waals surface area contributed by atoms with E-state index in [1.54, 1.807) is 0 Å². The molecule has 260 valence electrons. The lowest BCUT2D eigenvalue weighted by atomic mass is 9.82. The van der Waals surface area contributed by atoms with E-state index in [1.165, 1.54) is 102 Å². The summed E-state index contributed by atoms with van der Waals surface area (Å²) in [6.45, 7) is 4.74. The fraction of sp³-hybridized carbons (Fsp3) is 0.132. The van der Waals surface area contributed by atoms with E-state index >= 15 is 0 Å². The van der Waals surface area contributed by atoms with E-state index in [1.807, 2.05) is 0 Å². The molecule has 0 unspecified atom stereocenters. The van der Waals surface area contributed by atoms with Gasteiger partial charge in [0.25, 0.3) is 0 Å². The molecule has 54 heavy (non-hydrogen) atoms. The first-order valence-electron chi connectivity index (χ1n) is 19.5. The maximum atomic E-state index is 2.50. The molecule has 0 fully saturated rings. The average molecular weight is 694 g/mol. The minimum atomic E-state index is -0.108. The van der Waals surface area contributed by atoms with E-state index in [0.29, 0.717) is 0 Å². The molecule has 0 amide bonds. The minimum absolute atomic E-state index is 0.108. The number of aryl methyl sites for hydroxylation is 1. The lowest BCUT2D eigenvalue weighted by Gasteiger charge is -2.30. The van der Waals surface area contributed by atoms with Crippen LogP contribution >= 0.6 is 0 Å². The van der Waals surface area contributed by atoms with Gasteiger partial charge in [0.05, 0.1) is 5.69 Å². The molecule has 0 aliphatic heterocycles. The zero-order valence-corrected chi connectivity index (χ0v) is 31.0. The number of anilines is 3. The number of hydrogen-bond donors (Lipinski definition) is 0. The SMILES string of the molecule is CC1(C)c2ccccc2-c2ccc(N(c3ccc(-c4cccc5c4CCCC5)cc3)c3cc4ccccc4cc3-c3ccc(-c4ccccc4)cc3)cc21. The van der Waals surface area contributed by atoms with E-state index in [-0.39, 0.29) is 5.41 Å². The summed E-state index contributed by atoms with van der Waals surface area (Å²) in [5, 5.41) is 2.46. The standard InChI is InChI=1S/C53H43N/c1-53(2)50-22-11-10-20-47(50)48-32-31-44(35-51(48)53)54(43-29-27-39(28-30-43)46-21-12-18-38-15-8-9-19-45(38)46)52-34-42-17-7-6-16-41(42)33-49(52)40-25-23-37(24-26-40)36-13-4-3-5-14-36/h3-7,10-14,16-18,20-35H,8-9,15,19H2,1-2H3. The van der Waals surface area contributed by atoms with Crippen molar-refractivity contribution in [3.05, 3.63) is 198 Å². The number of benzene rings is 8. The molecule has 0 radical (unpaired) electrons. The summed E-state index contributed by atoms with van der Waals surface area (Å²) < 4.78 is 0. The summed E-state index contributed by atoms with van der Waals surface area (Å²) in [7, 11) is 0. The van der Waals surface area contributed by atoms with Crippen LogP contribution in [0.15, 0.2) is 176 Å². The third-order valence-corrected chi connectivity index (χ3v) is 12.1. The van der Waals surface area contributed by atoms with Crippen LogP contribution in [0.25, 0.3) is 55.3 Å². The monoisotopic (exact) mass is 693 g/mol. The Morgan fingerprint density at radius 3 is 1.81 bits per heavy atom. The molecule has 0 N–H and O–H groups in total. The Hall–Kier alpha value is -6.18. The first-order chi connectivity index (χ1) is 26.5. The van der Waals surface area contributed by atoms with Gasteiger partial charge >= 0.3 is 0 Å². The summed E-state index contributed by atoms with van der Waals surface area (Å²) in [4.78, 5) is 2.50. The van der Waals surface area contributed by atoms with E-state index in [2.05, 4.69) is 195 Å². The molecular formula is C53H43N. The molecule has 2 aliphatic carbocycles. The van der Waals surface area contributed by atoms with Crippen LogP contribution in [0, 0.1) is 0 Å². The van der Waals surface area contributed by atoms with Crippen molar-refractivity contribution >= 4 is 27.8 Å². The Bertz CT molecular complexity index is 2660. The lowest BCUT2D eigenvalue weighted by molar-refractivity contribution is 0.660. The largest absolute Gasteiger partial charge is 0.310 e. The zero-order chi connectivity index (χ0) is 36.2. The highest BCUT2D eigenvalue weighted by Gasteiger charge is 2.36. The van der Waals surface area contributed by atoms with Gasteiger partial charge in [0.2, 0.25) is 0 Å². The second kappa shape index (κ2) is 13.0. The minimum Gasteiger partial charge on any atom is -0.310 e. The predicted octanol–water partition coefficient (Wildman–Crippen LogP) is 14.5. The molecule has 0 saturated carbocycles. The normalized spacial score (nSPS) is 14.0. The van der Waals surface area contributed by atoms with Crippen molar-refractivity contribution in [1.29, 1.82) is 0 Å². The van der Waals surface area contributed by atoms with Crippen molar-refractivity contribution in [2.45, 2.75) is 44.9 Å². The van der Waals surface area contributed by atoms with Crippen LogP contribution in [0.3, 0.4) is 0 Å². The molecule has 8 aromatic rings. The van der Waals surface area contributed by atoms with Crippen molar-refractivity contribution in [2.24, 2.45) is 0 Å². The summed E-state index contributed by atoms with van der Waals surface area (Å²) in [5.41, 5.74) is 19.4. The van der Waals surface area contributed by atoms with Gasteiger partial charge in [-0.1, -0.05) is 153 Å². The maximum absolute atomic E-state index is 2.50. The molecule has 0 bridgehead atoms. The average Bonchev–Trinajstić information content (AvgIpc) is 3.46. The third kappa shape index (κ3) is 5.46. The third-order valence-electron chi connectivity index (χ3n) is 12.1. The highest BCUT2D eigenvalue weighted by molar-refractivity contribution is 5.99. The summed E-state index contributed by atoms with van der Waals surface area (Å²) in [6, 6.07) is 65.6. The number of hydrogen-bond acceptors (Lipinski definition) is 1. The van der Waals surface area contributed by atoms with Crippen molar-refractivity contribution in [2.75, 3.05) is 4.90 Å². The van der Waals surface area contributed by atoms with E-state index in [0.717, 1.165) is 17.8 Å². The van der Waals surface area contributed by atoms with Crippen molar-refractivity contribution < 1.29 is 0 Å². The highest BCUT2D eigenvalue weighted by Crippen LogP contribution is 2.51. The molecule has 0 aromatic heterocycles. The van der Waals surface area contributed by atoms with Crippen LogP contribution in [0.5, 0.6) is 0 Å². The van der Waals surface area contributed by atoms with Gasteiger partial charge in [-0.3, -0.25) is 0 Å². The molecule has 0 heterocycles. The molecule has 8 aromatic carbocycles. The first-order valence-corrected chi connectivity index (χ1v) is 19.5. The quantitative estimate of drug-likeness (QED) is 0.168. The predicted molar refractivity (Wildman–Crippen MR) is 229 cm³/mol. The second-order valence-electron chi connectivity index (χ2n) is 15.6. The van der Waals surface area contributed by atoms with Crippen molar-refractivity contribution in [3.8, 4) is 44.5 Å². The summed E-state index contributed by atoms with van der Waals surface area (Å²) >= 11 is 0. The van der Waals surface area contributed by atoms with Gasteiger partial charge < -0.3 is 4.90 Å². The van der Waals surface area contributed by atoms with Gasteiger partial charge in [-0.05, 0) is 134 Å². The number of nitrogens with zero attached hydrogens (tertiary/aromatic N) is 1. The fourth-order valence-corrected chi connectivity index (χ4v) is 9.22. The van der Waals surface area contributed by atoms with E-state index in [4.69, 9.17) is 0 Å². The second-order valence-corrected chi connectivity index (χ2v) is 15.6. The lowest BCUT2D eigenvalue weighted by Crippen LogP contribution is -2.17. The van der Waals surface area contributed by atoms with Gasteiger partial charge in [-0.2, -0.15) is 0 Å². The number of rotatable bonds is 6. The van der Waals surface area contributed by atoms with Crippen LogP contribution in [-0.2, 0) is 18.3 Å². The van der Waals surface area contributed by atoms with Gasteiger partial charge in [-0.25, -0.2) is 0 Å². The first kappa shape index (κ1) is 32.5. The van der Waals surface area contributed by atoms with E-state index in [9.17, 15) is 0 Å². The smallest absolute Gasteiger partial charge is 0.0546 e. The van der Waals surface area contributed by atoms with Crippen LogP contribution in [-0.4, -0.2) is 0 Å². The molecule has 2 aliphatic rings. The maximum Gasteiger partial charge on any atom is 0.0546 e. The Morgan fingerprint density at radius 1 is 0.407 bits per heavy atom. The molecule has 0 saturated heterocycles. The van der Waals surface area contributed by atoms with Gasteiger partial charge in [0.15, 0.2) is 0 Å². The molecule has 0 spiro atoms. The van der Waals surface area contributed by atoms with Gasteiger partial charge in [-0.15, -0.1) is 0 Å². The van der Waals surface area contributed by atoms with Crippen LogP contribution in [0.2, 0.25) is 0 Å². The van der Waals surface area contributed by atoms with Crippen molar-refractivity contribution in [1.82, 2.24) is 0 Å². The molecule has 1 nitrogen and oxygen atoms in total. The van der Waals surface area contributed by atoms with Crippen LogP contribution < -0.4 is 4.90 Å². The van der Waals surface area contributed by atoms with E-state index < -0.39 is 0 Å². The number of fused-ring (bicyclic) bond motifs is 5. The zero-order valence-electron chi connectivity index (χ0n) is 31.0. The Balaban J connectivity index is 1.17. The van der Waals surface area contributed by atoms with Crippen LogP contribution in [0.4, 0.5) is 17.1 Å². The Kier molecular flexibility index (Phi) is 7.84. The van der Waals surface area contributed by atoms with Gasteiger partial charge in [0, 0.05) is 22.4 Å². The molecule has 10 rings (SSSR count). The van der Waals surface area contributed by atoms with Crippen molar-refractivity contribution in [3.63, 3.8) is 0 Å². The molecular weight excluding hydrogens is 651 g/mol. The van der Waals surface area contributed by atoms with Crippen LogP contribution in [0.1, 0.15) is 48.9 Å². The van der Waals surface area contributed by atoms with Gasteiger partial charge in [0.1, 0.15) is 0 Å². The highest BCUT2D eigenvalue weighted by atomic mass is 15.1. The Morgan fingerprint density at radius 2 is 1.00 bits per heavy atom. The molecule has 1 heteroatoms. The Labute approximate surface area is 319 Å². The molecule has 0 atom stereocenters.